The first-order valence-electron chi connectivity index (χ1n) is 13.2. The molecule has 1 atom stereocenters. The predicted octanol–water partition coefficient (Wildman–Crippen LogP) is 8.09. The van der Waals surface area contributed by atoms with Gasteiger partial charge >= 0.3 is 13.8 Å². The van der Waals surface area contributed by atoms with Crippen molar-refractivity contribution < 1.29 is 44.1 Å². The summed E-state index contributed by atoms with van der Waals surface area (Å²) in [6, 6.07) is 11.4. The van der Waals surface area contributed by atoms with Crippen LogP contribution in [0.4, 0.5) is 13.2 Å². The van der Waals surface area contributed by atoms with E-state index in [-0.39, 0.29) is 25.4 Å². The van der Waals surface area contributed by atoms with Gasteiger partial charge in [-0.2, -0.15) is 21.6 Å². The van der Waals surface area contributed by atoms with E-state index in [0.717, 1.165) is 37.0 Å². The molecule has 1 aliphatic carbocycles. The van der Waals surface area contributed by atoms with Crippen LogP contribution in [-0.4, -0.2) is 32.7 Å². The van der Waals surface area contributed by atoms with Crippen LogP contribution in [0.5, 0.6) is 11.5 Å². The predicted molar refractivity (Wildman–Crippen MR) is 142 cm³/mol. The van der Waals surface area contributed by atoms with Crippen molar-refractivity contribution in [3.05, 3.63) is 59.7 Å². The summed E-state index contributed by atoms with van der Waals surface area (Å²) in [4.78, 5) is -1.48. The molecule has 0 N–H and O–H groups in total. The second-order valence-corrected chi connectivity index (χ2v) is 13.7. The number of ether oxygens (including phenoxy) is 1. The molecule has 12 heteroatoms. The Morgan fingerprint density at radius 3 is 2.18 bits per heavy atom. The van der Waals surface area contributed by atoms with E-state index in [4.69, 9.17) is 18.0 Å². The average Bonchev–Trinajstić information content (AvgIpc) is 2.87. The topological polar surface area (TPSA) is 88.1 Å². The number of benzene rings is 2. The van der Waals surface area contributed by atoms with E-state index in [1.165, 1.54) is 12.1 Å². The van der Waals surface area contributed by atoms with Gasteiger partial charge in [0.05, 0.1) is 24.9 Å². The van der Waals surface area contributed by atoms with Crippen LogP contribution in [0, 0.1) is 0 Å². The SMILES string of the molecule is CCOP(=O)(OCC)C(CCCc1cccc(Oc2cccc(C(F)(F)F)c2)c1)S(=O)(=O)OC1CCCCC1. The number of halogens is 3. The maximum absolute atomic E-state index is 13.6. The van der Waals surface area contributed by atoms with Crippen LogP contribution in [0.3, 0.4) is 0 Å². The van der Waals surface area contributed by atoms with E-state index < -0.39 is 40.5 Å². The molecule has 0 radical (unpaired) electrons. The molecule has 2 aromatic carbocycles. The molecular formula is C27H36F3O7PS. The van der Waals surface area contributed by atoms with Crippen LogP contribution >= 0.6 is 7.60 Å². The van der Waals surface area contributed by atoms with Gasteiger partial charge in [-0.1, -0.05) is 37.5 Å². The van der Waals surface area contributed by atoms with Gasteiger partial charge in [0.1, 0.15) is 11.5 Å². The molecule has 2 aromatic rings. The fourth-order valence-electron chi connectivity index (χ4n) is 4.56. The molecule has 0 aromatic heterocycles. The normalized spacial score (nSPS) is 16.2. The molecule has 218 valence electrons. The Bertz CT molecular complexity index is 1200. The van der Waals surface area contributed by atoms with Gasteiger partial charge in [0.25, 0.3) is 10.1 Å². The Kier molecular flexibility index (Phi) is 11.5. The van der Waals surface area contributed by atoms with Crippen molar-refractivity contribution in [2.75, 3.05) is 13.2 Å². The van der Waals surface area contributed by atoms with Crippen molar-refractivity contribution in [1.82, 2.24) is 0 Å². The third-order valence-corrected chi connectivity index (χ3v) is 11.5. The number of alkyl halides is 3. The van der Waals surface area contributed by atoms with Crippen LogP contribution in [0.2, 0.25) is 0 Å². The van der Waals surface area contributed by atoms with Crippen molar-refractivity contribution in [3.63, 3.8) is 0 Å². The first kappa shape index (κ1) is 31.6. The van der Waals surface area contributed by atoms with Gasteiger partial charge in [-0.05, 0) is 81.8 Å². The molecule has 1 fully saturated rings. The summed E-state index contributed by atoms with van der Waals surface area (Å²) in [5.41, 5.74) is -0.0432. The fourth-order valence-corrected chi connectivity index (χ4v) is 9.12. The maximum atomic E-state index is 13.6. The average molecular weight is 593 g/mol. The van der Waals surface area contributed by atoms with Gasteiger partial charge in [-0.15, -0.1) is 0 Å². The third-order valence-electron chi connectivity index (χ3n) is 6.34. The zero-order valence-electron chi connectivity index (χ0n) is 22.2. The third kappa shape index (κ3) is 9.32. The Hall–Kier alpha value is -1.91. The van der Waals surface area contributed by atoms with Gasteiger partial charge in [0.15, 0.2) is 4.99 Å². The number of hydrogen-bond donors (Lipinski definition) is 0. The van der Waals surface area contributed by atoms with E-state index in [9.17, 15) is 26.2 Å². The van der Waals surface area contributed by atoms with Crippen molar-refractivity contribution in [3.8, 4) is 11.5 Å². The minimum atomic E-state index is -4.48. The van der Waals surface area contributed by atoms with Crippen LogP contribution in [0.25, 0.3) is 0 Å². The van der Waals surface area contributed by atoms with Gasteiger partial charge in [0.2, 0.25) is 0 Å². The first-order chi connectivity index (χ1) is 18.5. The smallest absolute Gasteiger partial charge is 0.416 e. The summed E-state index contributed by atoms with van der Waals surface area (Å²) >= 11 is 0. The quantitative estimate of drug-likeness (QED) is 0.162. The van der Waals surface area contributed by atoms with Gasteiger partial charge < -0.3 is 13.8 Å². The van der Waals surface area contributed by atoms with Gasteiger partial charge in [0, 0.05) is 0 Å². The lowest BCUT2D eigenvalue weighted by Gasteiger charge is -2.28. The molecule has 7 nitrogen and oxygen atoms in total. The highest BCUT2D eigenvalue weighted by Crippen LogP contribution is 2.57. The maximum Gasteiger partial charge on any atom is 0.416 e. The van der Waals surface area contributed by atoms with Gasteiger partial charge in [-0.25, -0.2) is 0 Å². The standard InChI is InChI=1S/C27H36F3O7PS/c1-3-34-38(31,35-4-2)26(39(32,33)37-23-14-6-5-7-15-23)18-9-12-21-11-8-16-24(19-21)36-25-17-10-13-22(20-25)27(28,29)30/h8,10-11,13,16-17,19-20,23,26H,3-7,9,12,14-15,18H2,1-2H3. The molecule has 1 saturated carbocycles. The zero-order valence-corrected chi connectivity index (χ0v) is 23.9. The van der Waals surface area contributed by atoms with E-state index >= 15 is 0 Å². The molecule has 3 rings (SSSR count). The zero-order chi connectivity index (χ0) is 28.5. The summed E-state index contributed by atoms with van der Waals surface area (Å²) < 4.78 is 101. The van der Waals surface area contributed by atoms with Crippen LogP contribution < -0.4 is 4.74 Å². The molecule has 0 heterocycles. The van der Waals surface area contributed by atoms with Crippen molar-refractivity contribution in [1.29, 1.82) is 0 Å². The Balaban J connectivity index is 1.72. The molecular weight excluding hydrogens is 556 g/mol. The van der Waals surface area contributed by atoms with Crippen molar-refractivity contribution in [2.45, 2.75) is 82.5 Å². The summed E-state index contributed by atoms with van der Waals surface area (Å²) in [6.45, 7) is 3.27. The highest BCUT2D eigenvalue weighted by Gasteiger charge is 2.46. The summed E-state index contributed by atoms with van der Waals surface area (Å²) in [6.07, 6.45) is -0.231. The Morgan fingerprint density at radius 2 is 1.56 bits per heavy atom. The van der Waals surface area contributed by atoms with Crippen molar-refractivity contribution >= 4 is 17.7 Å². The lowest BCUT2D eigenvalue weighted by Crippen LogP contribution is -2.31. The molecule has 1 unspecified atom stereocenters. The molecule has 1 aliphatic rings. The highest BCUT2D eigenvalue weighted by atomic mass is 32.2. The molecule has 0 spiro atoms. The van der Waals surface area contributed by atoms with Crippen molar-refractivity contribution in [2.24, 2.45) is 0 Å². The second kappa shape index (κ2) is 14.1. The van der Waals surface area contributed by atoms with E-state index in [0.29, 0.717) is 31.4 Å². The molecule has 39 heavy (non-hydrogen) atoms. The highest BCUT2D eigenvalue weighted by molar-refractivity contribution is 7.94. The molecule has 0 bridgehead atoms. The van der Waals surface area contributed by atoms with E-state index in [2.05, 4.69) is 0 Å². The minimum Gasteiger partial charge on any atom is -0.457 e. The lowest BCUT2D eigenvalue weighted by atomic mass is 9.98. The fraction of sp³-hybridized carbons (Fsp3) is 0.556. The molecule has 0 amide bonds. The largest absolute Gasteiger partial charge is 0.457 e. The Morgan fingerprint density at radius 1 is 0.949 bits per heavy atom. The first-order valence-corrected chi connectivity index (χ1v) is 16.3. The van der Waals surface area contributed by atoms with Crippen LogP contribution in [0.1, 0.15) is 69.9 Å². The Labute approximate surface area is 228 Å². The van der Waals surface area contributed by atoms with Gasteiger partial charge in [-0.3, -0.25) is 8.75 Å². The minimum absolute atomic E-state index is 0.0155. The number of hydrogen-bond acceptors (Lipinski definition) is 7. The summed E-state index contributed by atoms with van der Waals surface area (Å²) in [5.74, 6) is 0.383. The summed E-state index contributed by atoms with van der Waals surface area (Å²) in [7, 11) is -8.32. The second-order valence-electron chi connectivity index (χ2n) is 9.35. The lowest BCUT2D eigenvalue weighted by molar-refractivity contribution is -0.137. The number of rotatable bonds is 14. The summed E-state index contributed by atoms with van der Waals surface area (Å²) in [5, 5.41) is 0. The van der Waals surface area contributed by atoms with E-state index in [1.54, 1.807) is 38.1 Å². The van der Waals surface area contributed by atoms with Crippen LogP contribution in [0.15, 0.2) is 48.5 Å². The molecule has 0 aliphatic heterocycles. The monoisotopic (exact) mass is 592 g/mol. The van der Waals surface area contributed by atoms with Crippen LogP contribution in [-0.2, 0) is 40.5 Å². The van der Waals surface area contributed by atoms with E-state index in [1.807, 2.05) is 0 Å². The molecule has 0 saturated heterocycles. The number of aryl methyl sites for hydroxylation is 1.